The number of hydrogen-bond donors (Lipinski definition) is 2. The van der Waals surface area contributed by atoms with E-state index in [1.54, 1.807) is 6.08 Å². The molecule has 1 amide bonds. The average Bonchev–Trinajstić information content (AvgIpc) is 3.44. The van der Waals surface area contributed by atoms with Crippen molar-refractivity contribution in [3.63, 3.8) is 0 Å². The number of fused-ring (bicyclic) bond motifs is 1. The van der Waals surface area contributed by atoms with E-state index in [1.165, 1.54) is 6.33 Å². The molecule has 2 saturated heterocycles. The number of piperidine rings is 1. The number of nitrogens with two attached hydrogens (primary N) is 2. The number of amides is 1. The molecular formula is C32H39N9O2. The van der Waals surface area contributed by atoms with Gasteiger partial charge in [-0.25, -0.2) is 14.6 Å². The predicted octanol–water partition coefficient (Wildman–Crippen LogP) is 3.16. The summed E-state index contributed by atoms with van der Waals surface area (Å²) in [7, 11) is 0. The number of carbonyl (C=O) groups is 1. The van der Waals surface area contributed by atoms with E-state index < -0.39 is 0 Å². The largest absolute Gasteiger partial charge is 0.457 e. The molecule has 2 aliphatic rings. The Morgan fingerprint density at radius 2 is 1.70 bits per heavy atom. The molecule has 2 aromatic heterocycles. The van der Waals surface area contributed by atoms with E-state index in [2.05, 4.69) is 19.8 Å². The summed E-state index contributed by atoms with van der Waals surface area (Å²) in [4.78, 5) is 28.7. The summed E-state index contributed by atoms with van der Waals surface area (Å²) >= 11 is 0. The molecule has 0 radical (unpaired) electrons. The maximum absolute atomic E-state index is 13.2. The normalized spacial score (nSPS) is 18.4. The lowest BCUT2D eigenvalue weighted by molar-refractivity contribution is -0.127. The minimum Gasteiger partial charge on any atom is -0.457 e. The second kappa shape index (κ2) is 13.3. The summed E-state index contributed by atoms with van der Waals surface area (Å²) < 4.78 is 7.90. The molecule has 2 fully saturated rings. The Morgan fingerprint density at radius 3 is 2.47 bits per heavy atom. The van der Waals surface area contributed by atoms with Crippen molar-refractivity contribution in [1.82, 2.24) is 34.4 Å². The van der Waals surface area contributed by atoms with E-state index in [0.29, 0.717) is 35.6 Å². The van der Waals surface area contributed by atoms with Gasteiger partial charge in [-0.1, -0.05) is 24.3 Å². The molecule has 0 bridgehead atoms. The second-order valence-electron chi connectivity index (χ2n) is 11.1. The third-order valence-corrected chi connectivity index (χ3v) is 8.21. The van der Waals surface area contributed by atoms with Gasteiger partial charge in [0.25, 0.3) is 0 Å². The van der Waals surface area contributed by atoms with Crippen LogP contribution >= 0.6 is 0 Å². The Bertz CT molecular complexity index is 1550. The van der Waals surface area contributed by atoms with Crippen LogP contribution < -0.4 is 16.2 Å². The molecule has 2 aliphatic heterocycles. The lowest BCUT2D eigenvalue weighted by Gasteiger charge is -2.34. The number of benzene rings is 2. The predicted molar refractivity (Wildman–Crippen MR) is 168 cm³/mol. The highest BCUT2D eigenvalue weighted by Crippen LogP contribution is 2.35. The topological polar surface area (TPSA) is 132 Å². The van der Waals surface area contributed by atoms with Crippen LogP contribution in [0.25, 0.3) is 22.3 Å². The Labute approximate surface area is 251 Å². The maximum Gasteiger partial charge on any atom is 0.246 e. The highest BCUT2D eigenvalue weighted by atomic mass is 16.5. The van der Waals surface area contributed by atoms with E-state index in [0.717, 1.165) is 75.7 Å². The summed E-state index contributed by atoms with van der Waals surface area (Å²) in [6, 6.07) is 17.4. The first-order valence-corrected chi connectivity index (χ1v) is 15.0. The molecule has 4 aromatic rings. The first kappa shape index (κ1) is 28.8. The van der Waals surface area contributed by atoms with Gasteiger partial charge in [-0.2, -0.15) is 5.10 Å². The van der Waals surface area contributed by atoms with Crippen LogP contribution in [0.3, 0.4) is 0 Å². The summed E-state index contributed by atoms with van der Waals surface area (Å²) in [5, 5.41) is 5.73. The number of piperazine rings is 1. The molecule has 11 nitrogen and oxygen atoms in total. The van der Waals surface area contributed by atoms with E-state index in [1.807, 2.05) is 70.3 Å². The average molecular weight is 582 g/mol. The lowest BCUT2D eigenvalue weighted by atomic mass is 10.1. The van der Waals surface area contributed by atoms with Crippen molar-refractivity contribution >= 4 is 22.8 Å². The molecule has 4 N–H and O–H groups in total. The van der Waals surface area contributed by atoms with Gasteiger partial charge in [0.1, 0.15) is 29.3 Å². The number of anilines is 1. The number of hydrogen-bond acceptors (Lipinski definition) is 9. The van der Waals surface area contributed by atoms with Crippen LogP contribution in [-0.4, -0.2) is 99.3 Å². The van der Waals surface area contributed by atoms with Gasteiger partial charge in [0.15, 0.2) is 5.65 Å². The number of nitrogen functional groups attached to an aromatic ring is 1. The molecule has 4 heterocycles. The van der Waals surface area contributed by atoms with Crippen LogP contribution in [0.15, 0.2) is 73.1 Å². The van der Waals surface area contributed by atoms with Gasteiger partial charge in [-0.3, -0.25) is 14.6 Å². The highest BCUT2D eigenvalue weighted by molar-refractivity contribution is 5.98. The van der Waals surface area contributed by atoms with Crippen molar-refractivity contribution in [3.8, 4) is 22.8 Å². The third-order valence-electron chi connectivity index (χ3n) is 8.21. The minimum atomic E-state index is -0.0204. The Balaban J connectivity index is 1.15. The fourth-order valence-electron chi connectivity index (χ4n) is 5.90. The number of carbonyl (C=O) groups excluding carboxylic acids is 1. The van der Waals surface area contributed by atoms with E-state index in [-0.39, 0.29) is 11.9 Å². The monoisotopic (exact) mass is 581 g/mol. The van der Waals surface area contributed by atoms with Crippen molar-refractivity contribution in [3.05, 3.63) is 73.1 Å². The summed E-state index contributed by atoms with van der Waals surface area (Å²) in [5.74, 6) is 1.92. The van der Waals surface area contributed by atoms with Crippen LogP contribution in [0, 0.1) is 0 Å². The summed E-state index contributed by atoms with van der Waals surface area (Å²) in [5.41, 5.74) is 14.3. The summed E-state index contributed by atoms with van der Waals surface area (Å²) in [6.45, 7) is 7.73. The molecular weight excluding hydrogens is 542 g/mol. The fourth-order valence-corrected chi connectivity index (χ4v) is 5.90. The number of ether oxygens (including phenoxy) is 1. The number of para-hydroxylation sites is 1. The van der Waals surface area contributed by atoms with E-state index in [4.69, 9.17) is 21.3 Å². The number of aromatic nitrogens is 4. The van der Waals surface area contributed by atoms with Crippen molar-refractivity contribution in [1.29, 1.82) is 0 Å². The van der Waals surface area contributed by atoms with Gasteiger partial charge in [0.2, 0.25) is 5.91 Å². The molecule has 0 aliphatic carbocycles. The number of nitrogens with zero attached hydrogens (tertiary/aromatic N) is 7. The molecule has 0 spiro atoms. The molecule has 11 heteroatoms. The van der Waals surface area contributed by atoms with Gasteiger partial charge in [-0.05, 0) is 49.2 Å². The van der Waals surface area contributed by atoms with Gasteiger partial charge < -0.3 is 21.1 Å². The first-order valence-electron chi connectivity index (χ1n) is 15.0. The Morgan fingerprint density at radius 1 is 0.953 bits per heavy atom. The van der Waals surface area contributed by atoms with Crippen molar-refractivity contribution in [2.45, 2.75) is 18.9 Å². The highest BCUT2D eigenvalue weighted by Gasteiger charge is 2.28. The van der Waals surface area contributed by atoms with E-state index >= 15 is 0 Å². The zero-order valence-electron chi connectivity index (χ0n) is 24.4. The van der Waals surface area contributed by atoms with Crippen LogP contribution in [0.5, 0.6) is 11.5 Å². The van der Waals surface area contributed by atoms with Crippen molar-refractivity contribution in [2.75, 3.05) is 64.6 Å². The molecule has 0 unspecified atom stereocenters. The number of likely N-dealkylation sites (tertiary alicyclic amines) is 1. The quantitative estimate of drug-likeness (QED) is 0.286. The second-order valence-corrected chi connectivity index (χ2v) is 11.1. The third kappa shape index (κ3) is 6.69. The van der Waals surface area contributed by atoms with Gasteiger partial charge >= 0.3 is 0 Å². The number of rotatable bonds is 9. The summed E-state index contributed by atoms with van der Waals surface area (Å²) in [6.07, 6.45) is 6.97. The Hall–Kier alpha value is -4.32. The van der Waals surface area contributed by atoms with Crippen LogP contribution in [-0.2, 0) is 4.79 Å². The van der Waals surface area contributed by atoms with Crippen LogP contribution in [0.4, 0.5) is 5.82 Å². The molecule has 0 saturated carbocycles. The zero-order valence-corrected chi connectivity index (χ0v) is 24.4. The van der Waals surface area contributed by atoms with Gasteiger partial charge in [-0.15, -0.1) is 0 Å². The Kier molecular flexibility index (Phi) is 8.92. The molecule has 2 aromatic carbocycles. The van der Waals surface area contributed by atoms with E-state index in [9.17, 15) is 4.79 Å². The maximum atomic E-state index is 13.2. The smallest absolute Gasteiger partial charge is 0.246 e. The zero-order chi connectivity index (χ0) is 29.6. The molecule has 43 heavy (non-hydrogen) atoms. The lowest BCUT2D eigenvalue weighted by Crippen LogP contribution is -2.47. The molecule has 6 rings (SSSR count). The molecule has 224 valence electrons. The van der Waals surface area contributed by atoms with Gasteiger partial charge in [0.05, 0.1) is 11.4 Å². The van der Waals surface area contributed by atoms with Crippen molar-refractivity contribution in [2.24, 2.45) is 5.73 Å². The minimum absolute atomic E-state index is 0.0204. The van der Waals surface area contributed by atoms with Gasteiger partial charge in [0, 0.05) is 70.5 Å². The first-order chi connectivity index (χ1) is 21.1. The fraction of sp³-hybridized carbons (Fsp3) is 0.375. The van der Waals surface area contributed by atoms with Crippen molar-refractivity contribution < 1.29 is 9.53 Å². The SMILES string of the molecule is NCCN1CCN(CC=CC(=O)N2CCC[C@@H](n3nc(-c4ccc(Oc5ccccc5)cc4)c4c(N)ncnc43)C2)CC1. The standard InChI is InChI=1S/C32H39N9O2/c33-14-17-39-20-18-38(19-21-39)15-5-9-28(42)40-16-4-6-25(22-40)41-32-29(31(34)35-23-36-32)30(37-41)24-10-12-27(13-11-24)43-26-7-2-1-3-8-26/h1-3,5,7-13,23,25H,4,6,14-22,33H2,(H2,34,35,36)/t25-/m1/s1. The molecule has 1 atom stereocenters. The van der Waals surface area contributed by atoms with Crippen LogP contribution in [0.1, 0.15) is 18.9 Å². The van der Waals surface area contributed by atoms with Crippen LogP contribution in [0.2, 0.25) is 0 Å².